The Hall–Kier alpha value is -1.90. The molecule has 3 nitrogen and oxygen atoms in total. The number of alkyl halides is 3. The van der Waals surface area contributed by atoms with Crippen LogP contribution in [0.2, 0.25) is 0 Å². The molecule has 0 spiro atoms. The van der Waals surface area contributed by atoms with E-state index in [1.54, 1.807) is 0 Å². The quantitative estimate of drug-likeness (QED) is 0.819. The third-order valence-electron chi connectivity index (χ3n) is 1.90. The van der Waals surface area contributed by atoms with E-state index in [-0.39, 0.29) is 17.9 Å². The van der Waals surface area contributed by atoms with Crippen molar-refractivity contribution in [2.75, 3.05) is 13.7 Å². The number of hydrogen-bond acceptors (Lipinski definition) is 3. The van der Waals surface area contributed by atoms with E-state index in [0.717, 1.165) is 0 Å². The maximum absolute atomic E-state index is 12.0. The summed E-state index contributed by atoms with van der Waals surface area (Å²) in [6, 6.07) is 6.30. The van der Waals surface area contributed by atoms with Crippen LogP contribution in [-0.2, 0) is 6.42 Å². The Morgan fingerprint density at radius 3 is 2.53 bits per heavy atom. The molecule has 0 aliphatic rings. The smallest absolute Gasteiger partial charge is 0.422 e. The van der Waals surface area contributed by atoms with Crippen molar-refractivity contribution >= 4 is 0 Å². The van der Waals surface area contributed by atoms with Gasteiger partial charge in [-0.1, -0.05) is 6.07 Å². The van der Waals surface area contributed by atoms with Gasteiger partial charge < -0.3 is 9.47 Å². The van der Waals surface area contributed by atoms with Gasteiger partial charge in [-0.05, 0) is 17.7 Å². The van der Waals surface area contributed by atoms with Crippen LogP contribution >= 0.6 is 0 Å². The minimum atomic E-state index is -4.39. The number of rotatable bonds is 4. The summed E-state index contributed by atoms with van der Waals surface area (Å²) in [5.41, 5.74) is 0.656. The number of nitriles is 1. The molecular formula is C11H10F3NO2. The van der Waals surface area contributed by atoms with Crippen molar-refractivity contribution in [1.82, 2.24) is 0 Å². The van der Waals surface area contributed by atoms with Gasteiger partial charge in [0.1, 0.15) is 0 Å². The molecule has 0 N–H and O–H groups in total. The zero-order chi connectivity index (χ0) is 12.9. The predicted octanol–water partition coefficient (Wildman–Crippen LogP) is 2.70. The molecular weight excluding hydrogens is 235 g/mol. The van der Waals surface area contributed by atoms with Crippen molar-refractivity contribution in [2.45, 2.75) is 12.6 Å². The van der Waals surface area contributed by atoms with E-state index in [4.69, 9.17) is 10.00 Å². The topological polar surface area (TPSA) is 42.2 Å². The maximum Gasteiger partial charge on any atom is 0.422 e. The third kappa shape index (κ3) is 4.23. The fraction of sp³-hybridized carbons (Fsp3) is 0.364. The van der Waals surface area contributed by atoms with E-state index in [1.807, 2.05) is 6.07 Å². The second kappa shape index (κ2) is 5.43. The fourth-order valence-electron chi connectivity index (χ4n) is 1.19. The Labute approximate surface area is 96.4 Å². The first kappa shape index (κ1) is 13.2. The van der Waals surface area contributed by atoms with E-state index in [1.165, 1.54) is 25.3 Å². The molecule has 6 heteroatoms. The number of nitrogens with zero attached hydrogens (tertiary/aromatic N) is 1. The van der Waals surface area contributed by atoms with Crippen molar-refractivity contribution in [2.24, 2.45) is 0 Å². The first-order valence-corrected chi connectivity index (χ1v) is 4.69. The highest BCUT2D eigenvalue weighted by atomic mass is 19.4. The lowest BCUT2D eigenvalue weighted by Gasteiger charge is -2.12. The average Bonchev–Trinajstić information content (AvgIpc) is 2.26. The molecule has 17 heavy (non-hydrogen) atoms. The Morgan fingerprint density at radius 1 is 1.29 bits per heavy atom. The van der Waals surface area contributed by atoms with Crippen molar-refractivity contribution in [3.63, 3.8) is 0 Å². The lowest BCUT2D eigenvalue weighted by atomic mass is 10.1. The highest BCUT2D eigenvalue weighted by Gasteiger charge is 2.28. The van der Waals surface area contributed by atoms with Crippen molar-refractivity contribution in [3.8, 4) is 17.6 Å². The summed E-state index contributed by atoms with van der Waals surface area (Å²) in [6.07, 6.45) is -4.23. The van der Waals surface area contributed by atoms with E-state index in [0.29, 0.717) is 5.56 Å². The van der Waals surface area contributed by atoms with Crippen LogP contribution in [0.5, 0.6) is 11.5 Å². The summed E-state index contributed by atoms with van der Waals surface area (Å²) in [5.74, 6) is 0.188. The summed E-state index contributed by atoms with van der Waals surface area (Å²) in [4.78, 5) is 0. The Bertz CT molecular complexity index is 424. The van der Waals surface area contributed by atoms with Crippen LogP contribution in [-0.4, -0.2) is 19.9 Å². The minimum Gasteiger partial charge on any atom is -0.493 e. The highest BCUT2D eigenvalue weighted by Crippen LogP contribution is 2.29. The molecule has 0 saturated heterocycles. The molecule has 0 aliphatic heterocycles. The second-order valence-corrected chi connectivity index (χ2v) is 3.22. The van der Waals surface area contributed by atoms with Crippen LogP contribution in [0, 0.1) is 11.3 Å². The second-order valence-electron chi connectivity index (χ2n) is 3.22. The SMILES string of the molecule is COc1cc(CC#N)ccc1OCC(F)(F)F. The molecule has 92 valence electrons. The largest absolute Gasteiger partial charge is 0.493 e. The van der Waals surface area contributed by atoms with E-state index in [9.17, 15) is 13.2 Å². The van der Waals surface area contributed by atoms with E-state index < -0.39 is 12.8 Å². The molecule has 1 rings (SSSR count). The Balaban J connectivity index is 2.82. The monoisotopic (exact) mass is 245 g/mol. The highest BCUT2D eigenvalue weighted by molar-refractivity contribution is 5.43. The maximum atomic E-state index is 12.0. The average molecular weight is 245 g/mol. The summed E-state index contributed by atoms with van der Waals surface area (Å²) in [7, 11) is 1.33. The predicted molar refractivity (Wildman–Crippen MR) is 53.9 cm³/mol. The third-order valence-corrected chi connectivity index (χ3v) is 1.90. The van der Waals surface area contributed by atoms with Crippen LogP contribution in [0.25, 0.3) is 0 Å². The van der Waals surface area contributed by atoms with Crippen LogP contribution in [0.3, 0.4) is 0 Å². The van der Waals surface area contributed by atoms with Gasteiger partial charge in [0.25, 0.3) is 0 Å². The van der Waals surface area contributed by atoms with Crippen molar-refractivity contribution in [3.05, 3.63) is 23.8 Å². The fourth-order valence-corrected chi connectivity index (χ4v) is 1.19. The van der Waals surface area contributed by atoms with Gasteiger partial charge in [0.15, 0.2) is 18.1 Å². The summed E-state index contributed by atoms with van der Waals surface area (Å²) < 4.78 is 45.4. The molecule has 0 unspecified atom stereocenters. The van der Waals surface area contributed by atoms with E-state index >= 15 is 0 Å². The molecule has 0 amide bonds. The molecule has 0 saturated carbocycles. The Morgan fingerprint density at radius 2 is 2.00 bits per heavy atom. The van der Waals surface area contributed by atoms with Gasteiger partial charge in [0, 0.05) is 0 Å². The standard InChI is InChI=1S/C11H10F3NO2/c1-16-10-6-8(4-5-15)2-3-9(10)17-7-11(12,13)14/h2-3,6H,4,7H2,1H3. The van der Waals surface area contributed by atoms with Gasteiger partial charge >= 0.3 is 6.18 Å². The van der Waals surface area contributed by atoms with Crippen LogP contribution in [0.4, 0.5) is 13.2 Å². The summed E-state index contributed by atoms with van der Waals surface area (Å²) in [6.45, 7) is -1.37. The van der Waals surface area contributed by atoms with Crippen molar-refractivity contribution < 1.29 is 22.6 Å². The molecule has 0 bridgehead atoms. The number of ether oxygens (including phenoxy) is 2. The minimum absolute atomic E-state index is 0.00603. The van der Waals surface area contributed by atoms with Crippen LogP contribution in [0.1, 0.15) is 5.56 Å². The van der Waals surface area contributed by atoms with Crippen LogP contribution < -0.4 is 9.47 Å². The normalized spacial score (nSPS) is 10.8. The van der Waals surface area contributed by atoms with Gasteiger partial charge in [-0.3, -0.25) is 0 Å². The molecule has 0 radical (unpaired) electrons. The summed E-state index contributed by atoms with van der Waals surface area (Å²) in [5, 5.41) is 8.49. The lowest BCUT2D eigenvalue weighted by Crippen LogP contribution is -2.19. The molecule has 0 atom stereocenters. The zero-order valence-corrected chi connectivity index (χ0v) is 9.04. The number of hydrogen-bond donors (Lipinski definition) is 0. The molecule has 1 aromatic carbocycles. The number of methoxy groups -OCH3 is 1. The first-order chi connectivity index (χ1) is 7.96. The summed E-state index contributed by atoms with van der Waals surface area (Å²) >= 11 is 0. The first-order valence-electron chi connectivity index (χ1n) is 4.69. The lowest BCUT2D eigenvalue weighted by molar-refractivity contribution is -0.153. The van der Waals surface area contributed by atoms with Gasteiger partial charge in [0.05, 0.1) is 19.6 Å². The number of benzene rings is 1. The zero-order valence-electron chi connectivity index (χ0n) is 9.04. The van der Waals surface area contributed by atoms with Crippen LogP contribution in [0.15, 0.2) is 18.2 Å². The molecule has 0 aromatic heterocycles. The van der Waals surface area contributed by atoms with Gasteiger partial charge in [-0.25, -0.2) is 0 Å². The molecule has 0 aliphatic carbocycles. The van der Waals surface area contributed by atoms with Gasteiger partial charge in [-0.15, -0.1) is 0 Å². The molecule has 0 heterocycles. The Kier molecular flexibility index (Phi) is 4.21. The van der Waals surface area contributed by atoms with E-state index in [2.05, 4.69) is 4.74 Å². The molecule has 1 aromatic rings. The van der Waals surface area contributed by atoms with Gasteiger partial charge in [-0.2, -0.15) is 18.4 Å². The van der Waals surface area contributed by atoms with Crippen molar-refractivity contribution in [1.29, 1.82) is 5.26 Å². The van der Waals surface area contributed by atoms with Gasteiger partial charge in [0.2, 0.25) is 0 Å². The number of halogens is 3. The molecule has 0 fully saturated rings.